The van der Waals surface area contributed by atoms with Crippen LogP contribution in [0.3, 0.4) is 0 Å². The van der Waals surface area contributed by atoms with Crippen LogP contribution in [0.15, 0.2) is 18.2 Å². The second-order valence-electron chi connectivity index (χ2n) is 4.99. The van der Waals surface area contributed by atoms with Crippen molar-refractivity contribution in [1.29, 1.82) is 0 Å². The lowest BCUT2D eigenvalue weighted by Crippen LogP contribution is -2.13. The standard InChI is InChI=1S/C15H20N4OS/c1-3-4-5-6-13-18-19-15(21-13)17-14(20)12-9-11(16)8-7-10(12)2/h7-9H,3-6,16H2,1-2H3,(H,17,19,20). The predicted octanol–water partition coefficient (Wildman–Crippen LogP) is 3.41. The summed E-state index contributed by atoms with van der Waals surface area (Å²) in [5, 5.41) is 12.4. The first-order chi connectivity index (χ1) is 10.1. The summed E-state index contributed by atoms with van der Waals surface area (Å²) in [6, 6.07) is 5.29. The molecule has 1 heterocycles. The number of carbonyl (C=O) groups is 1. The summed E-state index contributed by atoms with van der Waals surface area (Å²) >= 11 is 1.43. The molecule has 2 aromatic rings. The summed E-state index contributed by atoms with van der Waals surface area (Å²) in [4.78, 5) is 12.2. The van der Waals surface area contributed by atoms with E-state index in [0.717, 1.165) is 23.4 Å². The summed E-state index contributed by atoms with van der Waals surface area (Å²) in [6.07, 6.45) is 4.38. The number of nitrogen functional groups attached to an aromatic ring is 1. The lowest BCUT2D eigenvalue weighted by molar-refractivity contribution is 0.102. The highest BCUT2D eigenvalue weighted by molar-refractivity contribution is 7.15. The molecule has 0 aliphatic heterocycles. The molecule has 1 aromatic carbocycles. The molecular weight excluding hydrogens is 284 g/mol. The number of hydrogen-bond donors (Lipinski definition) is 2. The van der Waals surface area contributed by atoms with E-state index in [2.05, 4.69) is 22.4 Å². The van der Waals surface area contributed by atoms with Gasteiger partial charge in [0, 0.05) is 17.7 Å². The summed E-state index contributed by atoms with van der Waals surface area (Å²) in [5.74, 6) is -0.198. The Bertz CT molecular complexity index is 624. The van der Waals surface area contributed by atoms with Crippen LogP contribution in [0.4, 0.5) is 10.8 Å². The zero-order valence-electron chi connectivity index (χ0n) is 12.3. The number of hydrogen-bond acceptors (Lipinski definition) is 5. The maximum Gasteiger partial charge on any atom is 0.257 e. The third-order valence-electron chi connectivity index (χ3n) is 3.19. The molecule has 2 rings (SSSR count). The Morgan fingerprint density at radius 2 is 2.14 bits per heavy atom. The Morgan fingerprint density at radius 1 is 1.33 bits per heavy atom. The second-order valence-corrected chi connectivity index (χ2v) is 6.05. The molecule has 0 spiro atoms. The van der Waals surface area contributed by atoms with Gasteiger partial charge in [-0.05, 0) is 31.0 Å². The van der Waals surface area contributed by atoms with Crippen LogP contribution in [-0.2, 0) is 6.42 Å². The number of anilines is 2. The van der Waals surface area contributed by atoms with Crippen LogP contribution in [0.5, 0.6) is 0 Å². The minimum absolute atomic E-state index is 0.198. The molecule has 1 amide bonds. The van der Waals surface area contributed by atoms with Gasteiger partial charge in [0.2, 0.25) is 5.13 Å². The van der Waals surface area contributed by atoms with Gasteiger partial charge in [-0.25, -0.2) is 0 Å². The normalized spacial score (nSPS) is 10.6. The number of nitrogens with one attached hydrogen (secondary N) is 1. The molecule has 6 heteroatoms. The fraction of sp³-hybridized carbons (Fsp3) is 0.400. The molecule has 112 valence electrons. The summed E-state index contributed by atoms with van der Waals surface area (Å²) < 4.78 is 0. The molecule has 0 fully saturated rings. The van der Waals surface area contributed by atoms with Gasteiger partial charge >= 0.3 is 0 Å². The number of aromatic nitrogens is 2. The van der Waals surface area contributed by atoms with Gasteiger partial charge in [0.15, 0.2) is 0 Å². The van der Waals surface area contributed by atoms with Crippen molar-refractivity contribution in [3.8, 4) is 0 Å². The Hall–Kier alpha value is -1.95. The lowest BCUT2D eigenvalue weighted by Gasteiger charge is -2.05. The maximum absolute atomic E-state index is 12.2. The smallest absolute Gasteiger partial charge is 0.257 e. The number of rotatable bonds is 6. The van der Waals surface area contributed by atoms with Crippen LogP contribution in [0.1, 0.15) is 47.1 Å². The van der Waals surface area contributed by atoms with E-state index < -0.39 is 0 Å². The number of nitrogens with zero attached hydrogens (tertiary/aromatic N) is 2. The fourth-order valence-corrected chi connectivity index (χ4v) is 2.76. The van der Waals surface area contributed by atoms with Gasteiger partial charge < -0.3 is 5.73 Å². The molecule has 0 saturated carbocycles. The Morgan fingerprint density at radius 3 is 2.90 bits per heavy atom. The molecule has 0 saturated heterocycles. The molecular formula is C15H20N4OS. The average molecular weight is 304 g/mol. The molecule has 3 N–H and O–H groups in total. The topological polar surface area (TPSA) is 80.9 Å². The highest BCUT2D eigenvalue weighted by Gasteiger charge is 2.12. The van der Waals surface area contributed by atoms with Crippen molar-refractivity contribution in [2.24, 2.45) is 0 Å². The number of carbonyl (C=O) groups excluding carboxylic acids is 1. The summed E-state index contributed by atoms with van der Waals surface area (Å²) in [6.45, 7) is 4.05. The van der Waals surface area contributed by atoms with Crippen LogP contribution in [0.25, 0.3) is 0 Å². The van der Waals surface area contributed by atoms with E-state index in [4.69, 9.17) is 5.73 Å². The minimum Gasteiger partial charge on any atom is -0.399 e. The van der Waals surface area contributed by atoms with E-state index in [0.29, 0.717) is 16.4 Å². The van der Waals surface area contributed by atoms with E-state index in [1.165, 1.54) is 24.2 Å². The first-order valence-electron chi connectivity index (χ1n) is 7.10. The summed E-state index contributed by atoms with van der Waals surface area (Å²) in [5.41, 5.74) is 7.75. The summed E-state index contributed by atoms with van der Waals surface area (Å²) in [7, 11) is 0. The van der Waals surface area contributed by atoms with Crippen LogP contribution in [-0.4, -0.2) is 16.1 Å². The molecule has 0 bridgehead atoms. The van der Waals surface area contributed by atoms with Crippen molar-refractivity contribution in [2.45, 2.75) is 39.5 Å². The van der Waals surface area contributed by atoms with Crippen molar-refractivity contribution in [3.05, 3.63) is 34.3 Å². The first kappa shape index (κ1) is 15.4. The number of amides is 1. The Kier molecular flexibility index (Phi) is 5.27. The van der Waals surface area contributed by atoms with Crippen molar-refractivity contribution in [2.75, 3.05) is 11.1 Å². The number of benzene rings is 1. The monoisotopic (exact) mass is 304 g/mol. The highest BCUT2D eigenvalue weighted by Crippen LogP contribution is 2.20. The first-order valence-corrected chi connectivity index (χ1v) is 7.91. The maximum atomic E-state index is 12.2. The number of nitrogens with two attached hydrogens (primary N) is 1. The number of unbranched alkanes of at least 4 members (excludes halogenated alkanes) is 2. The Balaban J connectivity index is 2.01. The molecule has 1 aromatic heterocycles. The van der Waals surface area contributed by atoms with Gasteiger partial charge in [0.1, 0.15) is 5.01 Å². The second kappa shape index (κ2) is 7.17. The fourth-order valence-electron chi connectivity index (χ4n) is 1.98. The third kappa shape index (κ3) is 4.26. The van der Waals surface area contributed by atoms with Gasteiger partial charge in [-0.2, -0.15) is 0 Å². The van der Waals surface area contributed by atoms with E-state index in [9.17, 15) is 4.79 Å². The third-order valence-corrected chi connectivity index (χ3v) is 4.09. The van der Waals surface area contributed by atoms with Crippen LogP contribution in [0.2, 0.25) is 0 Å². The number of aryl methyl sites for hydroxylation is 2. The van der Waals surface area contributed by atoms with Gasteiger partial charge in [-0.1, -0.05) is 37.2 Å². The molecule has 0 unspecified atom stereocenters. The van der Waals surface area contributed by atoms with E-state index in [1.54, 1.807) is 12.1 Å². The van der Waals surface area contributed by atoms with Crippen LogP contribution in [0, 0.1) is 6.92 Å². The van der Waals surface area contributed by atoms with Crippen molar-refractivity contribution < 1.29 is 4.79 Å². The molecule has 21 heavy (non-hydrogen) atoms. The van der Waals surface area contributed by atoms with Gasteiger partial charge in [-0.3, -0.25) is 10.1 Å². The zero-order chi connectivity index (χ0) is 15.2. The van der Waals surface area contributed by atoms with E-state index in [1.807, 2.05) is 13.0 Å². The Labute approximate surface area is 128 Å². The molecule has 0 radical (unpaired) electrons. The highest BCUT2D eigenvalue weighted by atomic mass is 32.1. The van der Waals surface area contributed by atoms with Gasteiger partial charge in [-0.15, -0.1) is 10.2 Å². The predicted molar refractivity (Wildman–Crippen MR) is 86.7 cm³/mol. The zero-order valence-corrected chi connectivity index (χ0v) is 13.2. The lowest BCUT2D eigenvalue weighted by atomic mass is 10.1. The quantitative estimate of drug-likeness (QED) is 0.633. The molecule has 5 nitrogen and oxygen atoms in total. The van der Waals surface area contributed by atoms with E-state index in [-0.39, 0.29) is 5.91 Å². The largest absolute Gasteiger partial charge is 0.399 e. The van der Waals surface area contributed by atoms with Crippen molar-refractivity contribution in [3.63, 3.8) is 0 Å². The minimum atomic E-state index is -0.198. The SMILES string of the molecule is CCCCCc1nnc(NC(=O)c2cc(N)ccc2C)s1. The average Bonchev–Trinajstić information content (AvgIpc) is 2.89. The van der Waals surface area contributed by atoms with Crippen LogP contribution >= 0.6 is 11.3 Å². The molecule has 0 atom stereocenters. The van der Waals surface area contributed by atoms with E-state index >= 15 is 0 Å². The van der Waals surface area contributed by atoms with Crippen molar-refractivity contribution in [1.82, 2.24) is 10.2 Å². The van der Waals surface area contributed by atoms with Gasteiger partial charge in [0.25, 0.3) is 5.91 Å². The van der Waals surface area contributed by atoms with Gasteiger partial charge in [0.05, 0.1) is 0 Å². The molecule has 0 aliphatic carbocycles. The van der Waals surface area contributed by atoms with Crippen molar-refractivity contribution >= 4 is 28.1 Å². The molecule has 0 aliphatic rings. The van der Waals surface area contributed by atoms with Crippen LogP contribution < -0.4 is 11.1 Å².